The molecule has 106 valence electrons. The van der Waals surface area contributed by atoms with E-state index in [0.29, 0.717) is 11.0 Å². The Morgan fingerprint density at radius 1 is 1.14 bits per heavy atom. The van der Waals surface area contributed by atoms with Gasteiger partial charge in [0.1, 0.15) is 11.0 Å². The van der Waals surface area contributed by atoms with E-state index in [9.17, 15) is 9.59 Å². The molecule has 1 saturated carbocycles. The Hall–Kier alpha value is -2.70. The van der Waals surface area contributed by atoms with Crippen LogP contribution in [0.3, 0.4) is 0 Å². The molecule has 2 heterocycles. The lowest BCUT2D eigenvalue weighted by Crippen LogP contribution is -2.38. The molecule has 0 saturated heterocycles. The second kappa shape index (κ2) is 4.41. The predicted octanol–water partition coefficient (Wildman–Crippen LogP) is 0.929. The Morgan fingerprint density at radius 2 is 1.95 bits per heavy atom. The van der Waals surface area contributed by atoms with Gasteiger partial charge in [0.15, 0.2) is 0 Å². The Labute approximate surface area is 118 Å². The van der Waals surface area contributed by atoms with E-state index in [0.717, 1.165) is 18.4 Å². The molecular formula is C14H12N4O3. The fraction of sp³-hybridized carbons (Fsp3) is 0.286. The van der Waals surface area contributed by atoms with Crippen LogP contribution in [-0.4, -0.2) is 19.4 Å². The van der Waals surface area contributed by atoms with Gasteiger partial charge in [-0.05, 0) is 40.9 Å². The molecule has 0 atom stereocenters. The van der Waals surface area contributed by atoms with Gasteiger partial charge in [-0.25, -0.2) is 9.42 Å². The number of nitrogens with zero attached hydrogens (tertiary/aromatic N) is 4. The molecule has 1 fully saturated rings. The summed E-state index contributed by atoms with van der Waals surface area (Å²) in [7, 11) is 0. The minimum absolute atomic E-state index is 0.216. The first-order valence-corrected chi connectivity index (χ1v) is 6.75. The Bertz CT molecular complexity index is 933. The summed E-state index contributed by atoms with van der Waals surface area (Å²) in [5.41, 5.74) is 1.51. The fourth-order valence-corrected chi connectivity index (χ4v) is 2.42. The molecule has 7 nitrogen and oxygen atoms in total. The van der Waals surface area contributed by atoms with Crippen LogP contribution < -0.4 is 11.2 Å². The van der Waals surface area contributed by atoms with E-state index in [1.807, 2.05) is 6.07 Å². The first-order valence-electron chi connectivity index (χ1n) is 6.75. The normalized spacial score (nSPS) is 14.7. The van der Waals surface area contributed by atoms with E-state index < -0.39 is 0 Å². The fourth-order valence-electron chi connectivity index (χ4n) is 2.42. The largest absolute Gasteiger partial charge is 0.331 e. The lowest BCUT2D eigenvalue weighted by Gasteiger charge is -2.08. The van der Waals surface area contributed by atoms with Crippen molar-refractivity contribution in [2.45, 2.75) is 25.4 Å². The van der Waals surface area contributed by atoms with Crippen molar-refractivity contribution in [3.63, 3.8) is 0 Å². The minimum Gasteiger partial charge on any atom is -0.297 e. The SMILES string of the molecule is O=c1ccn(C2CC2)c(=O)n1Cc1ccc2nonc2c1. The zero-order chi connectivity index (χ0) is 14.4. The van der Waals surface area contributed by atoms with Gasteiger partial charge in [-0.2, -0.15) is 0 Å². The number of hydrogen-bond donors (Lipinski definition) is 0. The first kappa shape index (κ1) is 12.1. The van der Waals surface area contributed by atoms with E-state index >= 15 is 0 Å². The number of hydrogen-bond acceptors (Lipinski definition) is 5. The highest BCUT2D eigenvalue weighted by Gasteiger charge is 2.25. The van der Waals surface area contributed by atoms with Crippen molar-refractivity contribution >= 4 is 11.0 Å². The van der Waals surface area contributed by atoms with Crippen LogP contribution in [0.4, 0.5) is 0 Å². The molecule has 1 aliphatic rings. The second-order valence-electron chi connectivity index (χ2n) is 5.25. The van der Waals surface area contributed by atoms with Gasteiger partial charge in [-0.3, -0.25) is 13.9 Å². The third-order valence-electron chi connectivity index (χ3n) is 3.69. The highest BCUT2D eigenvalue weighted by atomic mass is 16.6. The molecule has 0 aliphatic heterocycles. The average molecular weight is 284 g/mol. The molecule has 21 heavy (non-hydrogen) atoms. The standard InChI is InChI=1S/C14H12N4O3/c19-13-5-6-17(10-2-3-10)14(20)18(13)8-9-1-4-11-12(7-9)16-21-15-11/h1,4-7,10H,2-3,8H2. The predicted molar refractivity (Wildman–Crippen MR) is 74.1 cm³/mol. The number of fused-ring (bicyclic) bond motifs is 1. The van der Waals surface area contributed by atoms with Gasteiger partial charge in [-0.15, -0.1) is 0 Å². The Morgan fingerprint density at radius 3 is 2.76 bits per heavy atom. The van der Waals surface area contributed by atoms with Gasteiger partial charge < -0.3 is 0 Å². The van der Waals surface area contributed by atoms with E-state index in [4.69, 9.17) is 0 Å². The van der Waals surface area contributed by atoms with Crippen molar-refractivity contribution in [1.82, 2.24) is 19.4 Å². The van der Waals surface area contributed by atoms with Gasteiger partial charge in [0, 0.05) is 18.3 Å². The van der Waals surface area contributed by atoms with Gasteiger partial charge >= 0.3 is 5.69 Å². The van der Waals surface area contributed by atoms with Crippen LogP contribution in [0.5, 0.6) is 0 Å². The monoisotopic (exact) mass is 284 g/mol. The van der Waals surface area contributed by atoms with Crippen LogP contribution in [0, 0.1) is 0 Å². The summed E-state index contributed by atoms with van der Waals surface area (Å²) in [6.07, 6.45) is 3.58. The summed E-state index contributed by atoms with van der Waals surface area (Å²) >= 11 is 0. The molecule has 1 aliphatic carbocycles. The van der Waals surface area contributed by atoms with E-state index in [2.05, 4.69) is 14.9 Å². The van der Waals surface area contributed by atoms with Crippen molar-refractivity contribution < 1.29 is 4.63 Å². The molecule has 4 rings (SSSR count). The zero-order valence-electron chi connectivity index (χ0n) is 11.1. The van der Waals surface area contributed by atoms with E-state index in [1.165, 1.54) is 10.6 Å². The van der Waals surface area contributed by atoms with Crippen molar-refractivity contribution in [2.75, 3.05) is 0 Å². The highest BCUT2D eigenvalue weighted by molar-refractivity contribution is 5.73. The average Bonchev–Trinajstić information content (AvgIpc) is 3.21. The molecule has 3 aromatic rings. The molecule has 0 spiro atoms. The number of aromatic nitrogens is 4. The van der Waals surface area contributed by atoms with Gasteiger partial charge in [0.2, 0.25) is 0 Å². The van der Waals surface area contributed by atoms with Crippen molar-refractivity contribution in [3.8, 4) is 0 Å². The second-order valence-corrected chi connectivity index (χ2v) is 5.25. The molecule has 7 heteroatoms. The van der Waals surface area contributed by atoms with Crippen molar-refractivity contribution in [1.29, 1.82) is 0 Å². The molecule has 0 bridgehead atoms. The third kappa shape index (κ3) is 2.06. The van der Waals surface area contributed by atoms with Gasteiger partial charge in [-0.1, -0.05) is 6.07 Å². The summed E-state index contributed by atoms with van der Waals surface area (Å²) in [4.78, 5) is 24.3. The van der Waals surface area contributed by atoms with Crippen molar-refractivity contribution in [2.24, 2.45) is 0 Å². The molecule has 0 radical (unpaired) electrons. The maximum atomic E-state index is 12.4. The quantitative estimate of drug-likeness (QED) is 0.714. The van der Waals surface area contributed by atoms with Crippen LogP contribution in [0.2, 0.25) is 0 Å². The summed E-state index contributed by atoms with van der Waals surface area (Å²) in [6.45, 7) is 0.216. The smallest absolute Gasteiger partial charge is 0.297 e. The van der Waals surface area contributed by atoms with Crippen LogP contribution in [-0.2, 0) is 6.54 Å². The Balaban J connectivity index is 1.77. The lowest BCUT2D eigenvalue weighted by atomic mass is 10.2. The molecule has 0 amide bonds. The number of benzene rings is 1. The summed E-state index contributed by atoms with van der Waals surface area (Å²) in [5, 5.41) is 7.49. The molecule has 1 aromatic carbocycles. The van der Waals surface area contributed by atoms with Crippen molar-refractivity contribution in [3.05, 3.63) is 56.9 Å². The van der Waals surface area contributed by atoms with Gasteiger partial charge in [0.05, 0.1) is 6.54 Å². The summed E-state index contributed by atoms with van der Waals surface area (Å²) in [5.74, 6) is 0. The molecule has 0 N–H and O–H groups in total. The number of rotatable bonds is 3. The highest BCUT2D eigenvalue weighted by Crippen LogP contribution is 2.32. The first-order chi connectivity index (χ1) is 10.2. The van der Waals surface area contributed by atoms with E-state index in [1.54, 1.807) is 22.9 Å². The van der Waals surface area contributed by atoms with Gasteiger partial charge in [0.25, 0.3) is 5.56 Å². The maximum absolute atomic E-state index is 12.4. The summed E-state index contributed by atoms with van der Waals surface area (Å²) in [6, 6.07) is 7.02. The Kier molecular flexibility index (Phi) is 2.53. The molecular weight excluding hydrogens is 272 g/mol. The molecule has 2 aromatic heterocycles. The topological polar surface area (TPSA) is 82.9 Å². The zero-order valence-corrected chi connectivity index (χ0v) is 11.1. The maximum Gasteiger partial charge on any atom is 0.331 e. The van der Waals surface area contributed by atoms with Crippen LogP contribution in [0.15, 0.2) is 44.7 Å². The lowest BCUT2D eigenvalue weighted by molar-refractivity contribution is 0.315. The van der Waals surface area contributed by atoms with Crippen LogP contribution in [0.1, 0.15) is 24.4 Å². The summed E-state index contributed by atoms with van der Waals surface area (Å²) < 4.78 is 7.52. The van der Waals surface area contributed by atoms with Crippen LogP contribution in [0.25, 0.3) is 11.0 Å². The van der Waals surface area contributed by atoms with Crippen LogP contribution >= 0.6 is 0 Å². The third-order valence-corrected chi connectivity index (χ3v) is 3.69. The van der Waals surface area contributed by atoms with E-state index in [-0.39, 0.29) is 23.8 Å². The molecule has 0 unspecified atom stereocenters. The minimum atomic E-state index is -0.296.